The third kappa shape index (κ3) is 4.54. The molecular formula is C12H22ClNO. The molecule has 0 aromatic rings. The number of hydrogen-bond acceptors (Lipinski definition) is 2. The highest BCUT2D eigenvalue weighted by molar-refractivity contribution is 6.20. The number of hydrogen-bond donors (Lipinski definition) is 0. The van der Waals surface area contributed by atoms with E-state index in [-0.39, 0.29) is 11.6 Å². The fraction of sp³-hybridized carbons (Fsp3) is 0.833. The van der Waals surface area contributed by atoms with Crippen molar-refractivity contribution in [2.24, 2.45) is 0 Å². The fourth-order valence-corrected chi connectivity index (χ4v) is 2.07. The first-order valence-electron chi connectivity index (χ1n) is 5.74. The van der Waals surface area contributed by atoms with E-state index in [1.165, 1.54) is 18.4 Å². The smallest absolute Gasteiger partial charge is 0.127 e. The summed E-state index contributed by atoms with van der Waals surface area (Å²) in [7, 11) is 0. The van der Waals surface area contributed by atoms with Gasteiger partial charge in [0.25, 0.3) is 0 Å². The summed E-state index contributed by atoms with van der Waals surface area (Å²) in [5.74, 6) is 0. The second-order valence-electron chi connectivity index (χ2n) is 4.43. The Morgan fingerprint density at radius 1 is 1.40 bits per heavy atom. The van der Waals surface area contributed by atoms with Gasteiger partial charge in [0.05, 0.1) is 12.0 Å². The van der Waals surface area contributed by atoms with Crippen LogP contribution in [0.5, 0.6) is 0 Å². The van der Waals surface area contributed by atoms with Gasteiger partial charge >= 0.3 is 0 Å². The van der Waals surface area contributed by atoms with Gasteiger partial charge in [-0.1, -0.05) is 11.6 Å². The second kappa shape index (κ2) is 6.51. The van der Waals surface area contributed by atoms with E-state index in [9.17, 15) is 0 Å². The van der Waals surface area contributed by atoms with Crippen molar-refractivity contribution in [2.75, 3.05) is 19.7 Å². The van der Waals surface area contributed by atoms with E-state index >= 15 is 0 Å². The van der Waals surface area contributed by atoms with Gasteiger partial charge in [0.15, 0.2) is 0 Å². The van der Waals surface area contributed by atoms with Crippen LogP contribution in [0.15, 0.2) is 11.6 Å². The maximum absolute atomic E-state index is 6.15. The molecule has 1 heterocycles. The second-order valence-corrected chi connectivity index (χ2v) is 5.11. The normalized spacial score (nSPS) is 21.3. The highest BCUT2D eigenvalue weighted by Gasteiger charge is 2.25. The Kier molecular flexibility index (Phi) is 5.65. The summed E-state index contributed by atoms with van der Waals surface area (Å²) in [4.78, 5) is 2.34. The molecule has 88 valence electrons. The Labute approximate surface area is 98.2 Å². The highest BCUT2D eigenvalue weighted by Crippen LogP contribution is 2.18. The predicted molar refractivity (Wildman–Crippen MR) is 65.3 cm³/mol. The maximum Gasteiger partial charge on any atom is 0.127 e. The summed E-state index contributed by atoms with van der Waals surface area (Å²) >= 11 is 6.15. The van der Waals surface area contributed by atoms with Crippen molar-refractivity contribution in [3.63, 3.8) is 0 Å². The SMILES string of the molecule is CC(C)=CCOC(C(C)Cl)N1CCCC1. The first-order chi connectivity index (χ1) is 7.11. The molecule has 1 aliphatic heterocycles. The average molecular weight is 232 g/mol. The largest absolute Gasteiger partial charge is 0.358 e. The van der Waals surface area contributed by atoms with Crippen LogP contribution in [-0.2, 0) is 4.74 Å². The van der Waals surface area contributed by atoms with Crippen molar-refractivity contribution >= 4 is 11.6 Å². The summed E-state index contributed by atoms with van der Waals surface area (Å²) in [6, 6.07) is 0. The zero-order valence-electron chi connectivity index (χ0n) is 10.0. The van der Waals surface area contributed by atoms with Gasteiger partial charge in [0.1, 0.15) is 6.23 Å². The van der Waals surface area contributed by atoms with Crippen molar-refractivity contribution < 1.29 is 4.74 Å². The van der Waals surface area contributed by atoms with Crippen LogP contribution >= 0.6 is 11.6 Å². The van der Waals surface area contributed by atoms with E-state index in [2.05, 4.69) is 24.8 Å². The minimum atomic E-state index is 0.0497. The van der Waals surface area contributed by atoms with Crippen LogP contribution in [0.3, 0.4) is 0 Å². The van der Waals surface area contributed by atoms with E-state index in [1.54, 1.807) is 0 Å². The van der Waals surface area contributed by atoms with Crippen molar-refractivity contribution in [3.05, 3.63) is 11.6 Å². The van der Waals surface area contributed by atoms with E-state index in [4.69, 9.17) is 16.3 Å². The molecule has 0 N–H and O–H groups in total. The van der Waals surface area contributed by atoms with E-state index in [1.807, 2.05) is 6.92 Å². The Balaban J connectivity index is 2.40. The molecule has 0 aromatic carbocycles. The molecule has 2 unspecified atom stereocenters. The summed E-state index contributed by atoms with van der Waals surface area (Å²) in [6.45, 7) is 9.08. The van der Waals surface area contributed by atoms with Gasteiger partial charge in [0.2, 0.25) is 0 Å². The molecule has 0 bridgehead atoms. The average Bonchev–Trinajstić information content (AvgIpc) is 2.63. The lowest BCUT2D eigenvalue weighted by Gasteiger charge is -2.29. The Hall–Kier alpha value is -0.0500. The van der Waals surface area contributed by atoms with Crippen LogP contribution in [0.25, 0.3) is 0 Å². The monoisotopic (exact) mass is 231 g/mol. The molecule has 15 heavy (non-hydrogen) atoms. The molecule has 2 atom stereocenters. The van der Waals surface area contributed by atoms with Crippen LogP contribution in [0.1, 0.15) is 33.6 Å². The number of allylic oxidation sites excluding steroid dienone is 1. The van der Waals surface area contributed by atoms with Gasteiger partial charge in [-0.15, -0.1) is 11.6 Å². The van der Waals surface area contributed by atoms with Gasteiger partial charge in [-0.25, -0.2) is 0 Å². The number of nitrogens with zero attached hydrogens (tertiary/aromatic N) is 1. The van der Waals surface area contributed by atoms with Gasteiger partial charge < -0.3 is 4.74 Å². The van der Waals surface area contributed by atoms with Crippen LogP contribution < -0.4 is 0 Å². The molecule has 1 rings (SSSR count). The zero-order chi connectivity index (χ0) is 11.3. The Bertz CT molecular complexity index is 206. The maximum atomic E-state index is 6.15. The lowest BCUT2D eigenvalue weighted by molar-refractivity contribution is -0.0360. The summed E-state index contributed by atoms with van der Waals surface area (Å²) in [5.41, 5.74) is 1.29. The molecule has 0 spiro atoms. The van der Waals surface area contributed by atoms with Crippen LogP contribution in [0.4, 0.5) is 0 Å². The molecule has 0 radical (unpaired) electrons. The topological polar surface area (TPSA) is 12.5 Å². The molecule has 0 saturated carbocycles. The minimum Gasteiger partial charge on any atom is -0.358 e. The van der Waals surface area contributed by atoms with E-state index < -0.39 is 0 Å². The van der Waals surface area contributed by atoms with Crippen molar-refractivity contribution in [1.29, 1.82) is 0 Å². The lowest BCUT2D eigenvalue weighted by atomic mass is 10.3. The van der Waals surface area contributed by atoms with Crippen molar-refractivity contribution in [3.8, 4) is 0 Å². The summed E-state index contributed by atoms with van der Waals surface area (Å²) < 4.78 is 5.82. The summed E-state index contributed by atoms with van der Waals surface area (Å²) in [5, 5.41) is 0.0497. The number of alkyl halides is 1. The van der Waals surface area contributed by atoms with Gasteiger partial charge in [-0.05, 0) is 33.6 Å². The van der Waals surface area contributed by atoms with Gasteiger partial charge in [0, 0.05) is 13.1 Å². The predicted octanol–water partition coefficient (Wildman–Crippen LogP) is 3.02. The lowest BCUT2D eigenvalue weighted by Crippen LogP contribution is -2.40. The molecule has 1 fully saturated rings. The third-order valence-electron chi connectivity index (χ3n) is 2.65. The minimum absolute atomic E-state index is 0.0497. The quantitative estimate of drug-likeness (QED) is 0.533. The van der Waals surface area contributed by atoms with Gasteiger partial charge in [-0.3, -0.25) is 4.90 Å². The first-order valence-corrected chi connectivity index (χ1v) is 6.18. The number of rotatable bonds is 5. The standard InChI is InChI=1S/C12H22ClNO/c1-10(2)6-9-15-12(11(3)13)14-7-4-5-8-14/h6,11-12H,4-5,7-9H2,1-3H3. The van der Waals surface area contributed by atoms with E-state index in [0.717, 1.165) is 13.1 Å². The Morgan fingerprint density at radius 3 is 2.47 bits per heavy atom. The molecule has 0 aromatic heterocycles. The number of halogens is 1. The van der Waals surface area contributed by atoms with Crippen molar-refractivity contribution in [1.82, 2.24) is 4.90 Å². The van der Waals surface area contributed by atoms with Crippen LogP contribution in [-0.4, -0.2) is 36.2 Å². The molecule has 0 aliphatic carbocycles. The molecular weight excluding hydrogens is 210 g/mol. The molecule has 0 amide bonds. The van der Waals surface area contributed by atoms with Crippen LogP contribution in [0, 0.1) is 0 Å². The molecule has 1 aliphatic rings. The van der Waals surface area contributed by atoms with E-state index in [0.29, 0.717) is 6.61 Å². The number of likely N-dealkylation sites (tertiary alicyclic amines) is 1. The van der Waals surface area contributed by atoms with Crippen molar-refractivity contribution in [2.45, 2.75) is 45.2 Å². The van der Waals surface area contributed by atoms with Crippen LogP contribution in [0.2, 0.25) is 0 Å². The highest BCUT2D eigenvalue weighted by atomic mass is 35.5. The van der Waals surface area contributed by atoms with Gasteiger partial charge in [-0.2, -0.15) is 0 Å². The number of ether oxygens (including phenoxy) is 1. The Morgan fingerprint density at radius 2 is 2.00 bits per heavy atom. The first kappa shape index (κ1) is 13.0. The zero-order valence-corrected chi connectivity index (χ0v) is 10.8. The summed E-state index contributed by atoms with van der Waals surface area (Å²) in [6.07, 6.45) is 4.71. The molecule has 2 nitrogen and oxygen atoms in total. The third-order valence-corrected chi connectivity index (χ3v) is 2.87. The molecule has 1 saturated heterocycles. The molecule has 3 heteroatoms. The fourth-order valence-electron chi connectivity index (χ4n) is 1.84.